The molecule has 7 heteroatoms. The lowest BCUT2D eigenvalue weighted by atomic mass is 9.85. The summed E-state index contributed by atoms with van der Waals surface area (Å²) >= 11 is 0. The molecular weight excluding hydrogens is 452 g/mol. The molecule has 3 heterocycles. The van der Waals surface area contributed by atoms with Crippen molar-refractivity contribution in [3.63, 3.8) is 0 Å². The number of hydrogen-bond acceptors (Lipinski definition) is 5. The first-order valence-electron chi connectivity index (χ1n) is 12.6. The Kier molecular flexibility index (Phi) is 5.76. The van der Waals surface area contributed by atoms with Gasteiger partial charge in [-0.3, -0.25) is 9.59 Å². The molecule has 182 valence electrons. The van der Waals surface area contributed by atoms with E-state index < -0.39 is 0 Å². The zero-order chi connectivity index (χ0) is 24.6. The summed E-state index contributed by atoms with van der Waals surface area (Å²) in [6.45, 7) is 3.31. The number of carbonyl (C=O) groups excluding carboxylic acids is 2. The van der Waals surface area contributed by atoms with Gasteiger partial charge in [0.1, 0.15) is 0 Å². The Morgan fingerprint density at radius 1 is 1.06 bits per heavy atom. The molecule has 2 aromatic carbocycles. The molecule has 1 saturated carbocycles. The maximum Gasteiger partial charge on any atom is 0.259 e. The van der Waals surface area contributed by atoms with E-state index in [0.717, 1.165) is 48.9 Å². The molecule has 0 bridgehead atoms. The maximum atomic E-state index is 13.4. The molecule has 6 rings (SSSR count). The molecule has 36 heavy (non-hydrogen) atoms. The molecule has 1 aliphatic heterocycles. The van der Waals surface area contributed by atoms with Crippen LogP contribution in [0.5, 0.6) is 0 Å². The molecule has 2 aromatic heterocycles. The van der Waals surface area contributed by atoms with E-state index in [-0.39, 0.29) is 17.9 Å². The molecule has 0 atom stereocenters. The van der Waals surface area contributed by atoms with Crippen LogP contribution in [-0.2, 0) is 6.54 Å². The third-order valence-corrected chi connectivity index (χ3v) is 7.49. The van der Waals surface area contributed by atoms with Gasteiger partial charge in [-0.25, -0.2) is 4.98 Å². The van der Waals surface area contributed by atoms with Gasteiger partial charge in [-0.1, -0.05) is 53.7 Å². The van der Waals surface area contributed by atoms with Crippen LogP contribution in [-0.4, -0.2) is 39.4 Å². The van der Waals surface area contributed by atoms with Gasteiger partial charge in [-0.05, 0) is 56.2 Å². The van der Waals surface area contributed by atoms with Gasteiger partial charge >= 0.3 is 0 Å². The van der Waals surface area contributed by atoms with Crippen LogP contribution in [0, 0.1) is 12.8 Å². The second kappa shape index (κ2) is 9.22. The average molecular weight is 481 g/mol. The first-order valence-corrected chi connectivity index (χ1v) is 12.6. The van der Waals surface area contributed by atoms with Crippen LogP contribution in [0.25, 0.3) is 22.4 Å². The van der Waals surface area contributed by atoms with E-state index in [4.69, 9.17) is 4.52 Å². The van der Waals surface area contributed by atoms with E-state index in [1.165, 1.54) is 0 Å². The quantitative estimate of drug-likeness (QED) is 0.427. The average Bonchev–Trinajstić information content (AvgIpc) is 3.44. The predicted octanol–water partition coefficient (Wildman–Crippen LogP) is 5.14. The standard InChI is InChI=1S/C29H28N4O3/c1-18-26-24(15-25(31-28(26)36-32-18)20-7-3-2-4-8-20)27(34)30-22-13-11-19(12-14-22)16-33-17-21-9-5-6-10-23(21)29(33)35/h2-10,15,19,22H,11-14,16-17H2,1H3,(H,30,34). The molecule has 1 aliphatic carbocycles. The largest absolute Gasteiger partial charge is 0.349 e. The number of carbonyl (C=O) groups is 2. The Hall–Kier alpha value is -4.00. The lowest BCUT2D eigenvalue weighted by molar-refractivity contribution is 0.0732. The van der Waals surface area contributed by atoms with E-state index in [9.17, 15) is 9.59 Å². The van der Waals surface area contributed by atoms with Crippen molar-refractivity contribution in [2.45, 2.75) is 45.2 Å². The molecule has 1 fully saturated rings. The summed E-state index contributed by atoms with van der Waals surface area (Å²) in [7, 11) is 0. The molecule has 1 N–H and O–H groups in total. The smallest absolute Gasteiger partial charge is 0.259 e. The zero-order valence-corrected chi connectivity index (χ0v) is 20.2. The highest BCUT2D eigenvalue weighted by molar-refractivity contribution is 6.07. The van der Waals surface area contributed by atoms with E-state index >= 15 is 0 Å². The SMILES string of the molecule is Cc1noc2nc(-c3ccccc3)cc(C(=O)NC3CCC(CN4Cc5ccccc5C4=O)CC3)c12. The number of fused-ring (bicyclic) bond motifs is 2. The lowest BCUT2D eigenvalue weighted by Crippen LogP contribution is -2.40. The van der Waals surface area contributed by atoms with Gasteiger partial charge in [-0.15, -0.1) is 0 Å². The van der Waals surface area contributed by atoms with Crippen molar-refractivity contribution < 1.29 is 14.1 Å². The summed E-state index contributed by atoms with van der Waals surface area (Å²) in [5.41, 5.74) is 5.12. The van der Waals surface area contributed by atoms with Crippen molar-refractivity contribution in [2.24, 2.45) is 5.92 Å². The van der Waals surface area contributed by atoms with Crippen molar-refractivity contribution in [3.05, 3.63) is 83.0 Å². The summed E-state index contributed by atoms with van der Waals surface area (Å²) in [4.78, 5) is 32.7. The van der Waals surface area contributed by atoms with E-state index in [1.54, 1.807) is 0 Å². The van der Waals surface area contributed by atoms with Crippen LogP contribution in [0.15, 0.2) is 65.2 Å². The molecule has 0 saturated heterocycles. The first-order chi connectivity index (χ1) is 17.6. The molecule has 0 spiro atoms. The fraction of sp³-hybridized carbons (Fsp3) is 0.310. The highest BCUT2D eigenvalue weighted by Crippen LogP contribution is 2.31. The van der Waals surface area contributed by atoms with Crippen LogP contribution in [0.1, 0.15) is 57.7 Å². The molecule has 2 amide bonds. The minimum absolute atomic E-state index is 0.101. The number of pyridine rings is 1. The van der Waals surface area contributed by atoms with E-state index in [2.05, 4.69) is 15.5 Å². The van der Waals surface area contributed by atoms with Crippen LogP contribution in [0.2, 0.25) is 0 Å². The number of amides is 2. The summed E-state index contributed by atoms with van der Waals surface area (Å²) in [6.07, 6.45) is 3.76. The Morgan fingerprint density at radius 3 is 2.58 bits per heavy atom. The maximum absolute atomic E-state index is 13.4. The third-order valence-electron chi connectivity index (χ3n) is 7.49. The monoisotopic (exact) mass is 480 g/mol. The van der Waals surface area contributed by atoms with Gasteiger partial charge < -0.3 is 14.7 Å². The zero-order valence-electron chi connectivity index (χ0n) is 20.2. The molecule has 0 unspecified atom stereocenters. The fourth-order valence-corrected chi connectivity index (χ4v) is 5.56. The highest BCUT2D eigenvalue weighted by atomic mass is 16.5. The fourth-order valence-electron chi connectivity index (χ4n) is 5.56. The van der Waals surface area contributed by atoms with Crippen LogP contribution >= 0.6 is 0 Å². The van der Waals surface area contributed by atoms with Crippen LogP contribution < -0.4 is 5.32 Å². The van der Waals surface area contributed by atoms with E-state index in [1.807, 2.05) is 72.5 Å². The van der Waals surface area contributed by atoms with Gasteiger partial charge in [-0.2, -0.15) is 0 Å². The van der Waals surface area contributed by atoms with Crippen LogP contribution in [0.4, 0.5) is 0 Å². The second-order valence-electron chi connectivity index (χ2n) is 9.90. The predicted molar refractivity (Wildman–Crippen MR) is 136 cm³/mol. The Morgan fingerprint density at radius 2 is 1.81 bits per heavy atom. The number of aromatic nitrogens is 2. The van der Waals surface area contributed by atoms with E-state index in [0.29, 0.717) is 40.5 Å². The number of aryl methyl sites for hydroxylation is 1. The van der Waals surface area contributed by atoms with Gasteiger partial charge in [0.05, 0.1) is 22.3 Å². The molecule has 4 aromatic rings. The topological polar surface area (TPSA) is 88.3 Å². The van der Waals surface area contributed by atoms with Crippen molar-refractivity contribution in [3.8, 4) is 11.3 Å². The van der Waals surface area contributed by atoms with Crippen LogP contribution in [0.3, 0.4) is 0 Å². The van der Waals surface area contributed by atoms with Gasteiger partial charge in [0.25, 0.3) is 17.5 Å². The van der Waals surface area contributed by atoms with Crippen molar-refractivity contribution in [2.75, 3.05) is 6.54 Å². The Labute approximate surface area is 209 Å². The second-order valence-corrected chi connectivity index (χ2v) is 9.90. The molecular formula is C29H28N4O3. The third kappa shape index (κ3) is 4.15. The number of rotatable bonds is 5. The summed E-state index contributed by atoms with van der Waals surface area (Å²) < 4.78 is 5.43. The number of nitrogens with one attached hydrogen (secondary N) is 1. The van der Waals surface area contributed by atoms with Gasteiger partial charge in [0.15, 0.2) is 0 Å². The minimum Gasteiger partial charge on any atom is -0.349 e. The summed E-state index contributed by atoms with van der Waals surface area (Å²) in [5, 5.41) is 7.95. The first kappa shape index (κ1) is 22.5. The molecule has 2 aliphatic rings. The lowest BCUT2D eigenvalue weighted by Gasteiger charge is -2.31. The Bertz CT molecular complexity index is 1440. The highest BCUT2D eigenvalue weighted by Gasteiger charge is 2.31. The van der Waals surface area contributed by atoms with Gasteiger partial charge in [0, 0.05) is 30.3 Å². The number of benzene rings is 2. The van der Waals surface area contributed by atoms with Crippen molar-refractivity contribution in [1.82, 2.24) is 20.4 Å². The number of hydrogen-bond donors (Lipinski definition) is 1. The van der Waals surface area contributed by atoms with Crippen molar-refractivity contribution in [1.29, 1.82) is 0 Å². The van der Waals surface area contributed by atoms with Gasteiger partial charge in [0.2, 0.25) is 0 Å². The van der Waals surface area contributed by atoms with Crippen molar-refractivity contribution >= 4 is 22.9 Å². The summed E-state index contributed by atoms with van der Waals surface area (Å²) in [6, 6.07) is 19.6. The number of nitrogens with zero attached hydrogens (tertiary/aromatic N) is 3. The minimum atomic E-state index is -0.125. The normalized spacial score (nSPS) is 19.5. The Balaban J connectivity index is 1.12. The molecule has 7 nitrogen and oxygen atoms in total. The molecule has 0 radical (unpaired) electrons. The summed E-state index contributed by atoms with van der Waals surface area (Å²) in [5.74, 6) is 0.467.